The molecule has 1 N–H and O–H groups in total. The number of benzene rings is 1. The van der Waals surface area contributed by atoms with Crippen LogP contribution in [0.2, 0.25) is 5.02 Å². The molecule has 0 amide bonds. The van der Waals surface area contributed by atoms with Crippen molar-refractivity contribution in [3.8, 4) is 6.07 Å². The molecule has 4 nitrogen and oxygen atoms in total. The Hall–Kier alpha value is -2.06. The Morgan fingerprint density at radius 3 is 2.83 bits per heavy atom. The van der Waals surface area contributed by atoms with Gasteiger partial charge < -0.3 is 5.32 Å². The van der Waals surface area contributed by atoms with Crippen LogP contribution in [0.5, 0.6) is 0 Å². The van der Waals surface area contributed by atoms with Crippen LogP contribution in [0.3, 0.4) is 0 Å². The highest BCUT2D eigenvalue weighted by Crippen LogP contribution is 2.30. The van der Waals surface area contributed by atoms with Crippen molar-refractivity contribution in [2.45, 2.75) is 6.92 Å². The zero-order chi connectivity index (χ0) is 13.3. The quantitative estimate of drug-likeness (QED) is 0.907. The van der Waals surface area contributed by atoms with Crippen molar-refractivity contribution in [1.29, 1.82) is 5.26 Å². The summed E-state index contributed by atoms with van der Waals surface area (Å²) in [7, 11) is 1.67. The largest absolute Gasteiger partial charge is 0.336 e. The summed E-state index contributed by atoms with van der Waals surface area (Å²) in [5, 5.41) is 16.2. The average molecular weight is 265 g/mol. The molecule has 0 aliphatic heterocycles. The number of anilines is 2. The molecule has 1 aromatic heterocycles. The molecule has 18 heavy (non-hydrogen) atoms. The molecule has 92 valence electrons. The van der Waals surface area contributed by atoms with Crippen molar-refractivity contribution in [3.63, 3.8) is 0 Å². The molecule has 0 fully saturated rings. The summed E-state index contributed by atoms with van der Waals surface area (Å²) < 4.78 is 15.1. The van der Waals surface area contributed by atoms with E-state index in [4.69, 9.17) is 16.9 Å². The highest BCUT2D eigenvalue weighted by Gasteiger charge is 2.15. The Labute approximate surface area is 109 Å². The SMILES string of the molecule is Cc1nn(C)c(Nc2c(F)cccc2Cl)c1C#N. The van der Waals surface area contributed by atoms with Crippen molar-refractivity contribution in [1.82, 2.24) is 9.78 Å². The zero-order valence-corrected chi connectivity index (χ0v) is 10.6. The van der Waals surface area contributed by atoms with Crippen LogP contribution in [0.25, 0.3) is 0 Å². The number of nitriles is 1. The highest BCUT2D eigenvalue weighted by atomic mass is 35.5. The van der Waals surface area contributed by atoms with Crippen molar-refractivity contribution >= 4 is 23.1 Å². The maximum atomic E-state index is 13.7. The minimum atomic E-state index is -0.481. The van der Waals surface area contributed by atoms with Gasteiger partial charge in [0.2, 0.25) is 0 Å². The van der Waals surface area contributed by atoms with E-state index in [0.29, 0.717) is 17.1 Å². The summed E-state index contributed by atoms with van der Waals surface area (Å²) in [5.74, 6) is -0.0627. The van der Waals surface area contributed by atoms with Gasteiger partial charge in [0, 0.05) is 7.05 Å². The molecule has 0 bridgehead atoms. The third-order valence-electron chi connectivity index (χ3n) is 2.54. The van der Waals surface area contributed by atoms with Crippen LogP contribution in [0.1, 0.15) is 11.3 Å². The van der Waals surface area contributed by atoms with Gasteiger partial charge in [0.1, 0.15) is 23.3 Å². The van der Waals surface area contributed by atoms with Crippen LogP contribution in [0, 0.1) is 24.1 Å². The zero-order valence-electron chi connectivity index (χ0n) is 9.83. The number of aromatic nitrogens is 2. The van der Waals surface area contributed by atoms with Gasteiger partial charge in [-0.3, -0.25) is 4.68 Å². The number of rotatable bonds is 2. The van der Waals surface area contributed by atoms with E-state index in [-0.39, 0.29) is 10.7 Å². The van der Waals surface area contributed by atoms with E-state index in [1.54, 1.807) is 20.0 Å². The first-order valence-electron chi connectivity index (χ1n) is 5.19. The molecule has 2 rings (SSSR count). The summed E-state index contributed by atoms with van der Waals surface area (Å²) >= 11 is 5.92. The van der Waals surface area contributed by atoms with E-state index in [2.05, 4.69) is 10.4 Å². The lowest BCUT2D eigenvalue weighted by Gasteiger charge is -2.09. The van der Waals surface area contributed by atoms with Crippen LogP contribution in [-0.4, -0.2) is 9.78 Å². The number of hydrogen-bond donors (Lipinski definition) is 1. The maximum Gasteiger partial charge on any atom is 0.148 e. The monoisotopic (exact) mass is 264 g/mol. The lowest BCUT2D eigenvalue weighted by Crippen LogP contribution is -2.02. The number of para-hydroxylation sites is 1. The molecular weight excluding hydrogens is 255 g/mol. The summed E-state index contributed by atoms with van der Waals surface area (Å²) in [6, 6.07) is 6.42. The summed E-state index contributed by atoms with van der Waals surface area (Å²) in [6.45, 7) is 1.71. The van der Waals surface area contributed by atoms with Gasteiger partial charge in [0.05, 0.1) is 16.4 Å². The van der Waals surface area contributed by atoms with E-state index < -0.39 is 5.82 Å². The normalized spacial score (nSPS) is 10.2. The standard InChI is InChI=1S/C12H10ClFN4/c1-7-8(6-15)12(18(2)17-7)16-11-9(13)4-3-5-10(11)14/h3-5,16H,1-2H3. The number of halogens is 2. The second-order valence-corrected chi connectivity index (χ2v) is 4.17. The van der Waals surface area contributed by atoms with Gasteiger partial charge in [-0.05, 0) is 19.1 Å². The molecule has 1 aromatic carbocycles. The molecule has 0 aliphatic rings. The van der Waals surface area contributed by atoms with Crippen LogP contribution >= 0.6 is 11.6 Å². The first kappa shape index (κ1) is 12.4. The van der Waals surface area contributed by atoms with Gasteiger partial charge in [0.15, 0.2) is 0 Å². The molecular formula is C12H10ClFN4. The Kier molecular flexibility index (Phi) is 3.21. The number of nitrogens with one attached hydrogen (secondary N) is 1. The lowest BCUT2D eigenvalue weighted by molar-refractivity contribution is 0.631. The third kappa shape index (κ3) is 2.03. The second kappa shape index (κ2) is 4.67. The molecule has 2 aromatic rings. The molecule has 0 saturated heterocycles. The van der Waals surface area contributed by atoms with Crippen molar-refractivity contribution in [2.75, 3.05) is 5.32 Å². The average Bonchev–Trinajstić information content (AvgIpc) is 2.58. The molecule has 0 atom stereocenters. The molecule has 0 spiro atoms. The first-order valence-corrected chi connectivity index (χ1v) is 5.57. The molecule has 0 aliphatic carbocycles. The van der Waals surface area contributed by atoms with E-state index in [1.165, 1.54) is 16.8 Å². The number of hydrogen-bond acceptors (Lipinski definition) is 3. The second-order valence-electron chi connectivity index (χ2n) is 3.77. The summed E-state index contributed by atoms with van der Waals surface area (Å²) in [5.41, 5.74) is 1.09. The van der Waals surface area contributed by atoms with Gasteiger partial charge in [-0.1, -0.05) is 17.7 Å². The maximum absolute atomic E-state index is 13.7. The predicted octanol–water partition coefficient (Wildman–Crippen LogP) is 3.14. The lowest BCUT2D eigenvalue weighted by atomic mass is 10.2. The van der Waals surface area contributed by atoms with Crippen molar-refractivity contribution in [2.24, 2.45) is 7.05 Å². The molecule has 0 radical (unpaired) electrons. The van der Waals surface area contributed by atoms with Gasteiger partial charge in [-0.15, -0.1) is 0 Å². The first-order chi connectivity index (χ1) is 8.54. The molecule has 0 saturated carbocycles. The van der Waals surface area contributed by atoms with E-state index >= 15 is 0 Å². The van der Waals surface area contributed by atoms with E-state index in [1.807, 2.05) is 6.07 Å². The Bertz CT molecular complexity index is 622. The fourth-order valence-electron chi connectivity index (χ4n) is 1.67. The molecule has 6 heteroatoms. The third-order valence-corrected chi connectivity index (χ3v) is 2.86. The minimum absolute atomic E-state index is 0.138. The molecule has 1 heterocycles. The fraction of sp³-hybridized carbons (Fsp3) is 0.167. The van der Waals surface area contributed by atoms with Gasteiger partial charge in [-0.25, -0.2) is 4.39 Å². The van der Waals surface area contributed by atoms with E-state index in [9.17, 15) is 4.39 Å². The predicted molar refractivity (Wildman–Crippen MR) is 67.4 cm³/mol. The van der Waals surface area contributed by atoms with Crippen LogP contribution < -0.4 is 5.32 Å². The smallest absolute Gasteiger partial charge is 0.148 e. The Morgan fingerprint density at radius 2 is 2.22 bits per heavy atom. The van der Waals surface area contributed by atoms with E-state index in [0.717, 1.165) is 0 Å². The Morgan fingerprint density at radius 1 is 1.50 bits per heavy atom. The Balaban J connectivity index is 2.50. The minimum Gasteiger partial charge on any atom is -0.336 e. The summed E-state index contributed by atoms with van der Waals surface area (Å²) in [4.78, 5) is 0. The topological polar surface area (TPSA) is 53.6 Å². The highest BCUT2D eigenvalue weighted by molar-refractivity contribution is 6.33. The van der Waals surface area contributed by atoms with Gasteiger partial charge in [-0.2, -0.15) is 10.4 Å². The van der Waals surface area contributed by atoms with Crippen LogP contribution in [-0.2, 0) is 7.05 Å². The summed E-state index contributed by atoms with van der Waals surface area (Å²) in [6.07, 6.45) is 0. The van der Waals surface area contributed by atoms with Crippen LogP contribution in [0.15, 0.2) is 18.2 Å². The van der Waals surface area contributed by atoms with Gasteiger partial charge >= 0.3 is 0 Å². The molecule has 0 unspecified atom stereocenters. The number of nitrogens with zero attached hydrogens (tertiary/aromatic N) is 3. The van der Waals surface area contributed by atoms with Crippen molar-refractivity contribution in [3.05, 3.63) is 40.3 Å². The fourth-order valence-corrected chi connectivity index (χ4v) is 1.88. The van der Waals surface area contributed by atoms with Crippen LogP contribution in [0.4, 0.5) is 15.9 Å². The number of aryl methyl sites for hydroxylation is 2. The van der Waals surface area contributed by atoms with Crippen molar-refractivity contribution < 1.29 is 4.39 Å². The van der Waals surface area contributed by atoms with Gasteiger partial charge in [0.25, 0.3) is 0 Å².